The van der Waals surface area contributed by atoms with Gasteiger partial charge >= 0.3 is 12.0 Å². The Bertz CT molecular complexity index is 1040. The zero-order valence-corrected chi connectivity index (χ0v) is 16.8. The SMILES string of the molecule is CC(OC(=O)c1ccccc1Oc1cccnc1)C(=O)NC(=O)NCc1ccccc1. The lowest BCUT2D eigenvalue weighted by atomic mass is 10.2. The minimum absolute atomic E-state index is 0.138. The van der Waals surface area contributed by atoms with Crippen LogP contribution in [0.3, 0.4) is 0 Å². The second kappa shape index (κ2) is 10.5. The molecule has 31 heavy (non-hydrogen) atoms. The molecule has 0 spiro atoms. The smallest absolute Gasteiger partial charge is 0.342 e. The summed E-state index contributed by atoms with van der Waals surface area (Å²) in [4.78, 5) is 40.7. The van der Waals surface area contributed by atoms with Crippen molar-refractivity contribution in [2.24, 2.45) is 0 Å². The summed E-state index contributed by atoms with van der Waals surface area (Å²) in [6.45, 7) is 1.63. The Kier molecular flexibility index (Phi) is 7.31. The lowest BCUT2D eigenvalue weighted by Gasteiger charge is -2.15. The summed E-state index contributed by atoms with van der Waals surface area (Å²) >= 11 is 0. The van der Waals surface area contributed by atoms with Gasteiger partial charge in [0.2, 0.25) is 0 Å². The van der Waals surface area contributed by atoms with Gasteiger partial charge in [-0.2, -0.15) is 0 Å². The first-order valence-corrected chi connectivity index (χ1v) is 9.53. The highest BCUT2D eigenvalue weighted by molar-refractivity contribution is 5.99. The summed E-state index contributed by atoms with van der Waals surface area (Å²) in [5.74, 6) is -0.797. The van der Waals surface area contributed by atoms with Crippen LogP contribution >= 0.6 is 0 Å². The van der Waals surface area contributed by atoms with Gasteiger partial charge in [0.1, 0.15) is 17.1 Å². The molecule has 3 rings (SSSR count). The molecule has 8 nitrogen and oxygen atoms in total. The molecule has 0 aliphatic carbocycles. The fourth-order valence-electron chi connectivity index (χ4n) is 2.57. The first-order valence-electron chi connectivity index (χ1n) is 9.53. The van der Waals surface area contributed by atoms with Gasteiger partial charge in [0.25, 0.3) is 5.91 Å². The molecule has 158 valence electrons. The summed E-state index contributed by atoms with van der Waals surface area (Å²) in [5.41, 5.74) is 1.02. The number of para-hydroxylation sites is 1. The second-order valence-electron chi connectivity index (χ2n) is 6.49. The number of esters is 1. The summed E-state index contributed by atoms with van der Waals surface area (Å²) in [7, 11) is 0. The number of urea groups is 1. The van der Waals surface area contributed by atoms with Gasteiger partial charge in [0, 0.05) is 12.7 Å². The van der Waals surface area contributed by atoms with Gasteiger partial charge in [0.05, 0.1) is 6.20 Å². The van der Waals surface area contributed by atoms with E-state index in [4.69, 9.17) is 9.47 Å². The normalized spacial score (nSPS) is 11.1. The van der Waals surface area contributed by atoms with Crippen LogP contribution in [-0.2, 0) is 16.1 Å². The molecular weight excluding hydrogens is 398 g/mol. The summed E-state index contributed by atoms with van der Waals surface area (Å²) < 4.78 is 10.9. The average Bonchev–Trinajstić information content (AvgIpc) is 2.79. The van der Waals surface area contributed by atoms with Crippen molar-refractivity contribution in [3.05, 3.63) is 90.3 Å². The lowest BCUT2D eigenvalue weighted by molar-refractivity contribution is -0.127. The molecule has 2 aromatic carbocycles. The van der Waals surface area contributed by atoms with Crippen LogP contribution < -0.4 is 15.4 Å². The second-order valence-corrected chi connectivity index (χ2v) is 6.49. The number of amides is 3. The van der Waals surface area contributed by atoms with Gasteiger partial charge in [-0.25, -0.2) is 9.59 Å². The lowest BCUT2D eigenvalue weighted by Crippen LogP contribution is -2.44. The molecule has 2 N–H and O–H groups in total. The number of rotatable bonds is 7. The van der Waals surface area contributed by atoms with Crippen LogP contribution in [0.2, 0.25) is 0 Å². The molecule has 1 heterocycles. The van der Waals surface area contributed by atoms with Crippen molar-refractivity contribution in [1.29, 1.82) is 0 Å². The molecule has 0 saturated carbocycles. The summed E-state index contributed by atoms with van der Waals surface area (Å²) in [6, 6.07) is 18.4. The molecule has 3 aromatic rings. The van der Waals surface area contributed by atoms with E-state index < -0.39 is 24.0 Å². The number of nitrogens with one attached hydrogen (secondary N) is 2. The van der Waals surface area contributed by atoms with E-state index in [0.717, 1.165) is 5.56 Å². The van der Waals surface area contributed by atoms with Gasteiger partial charge in [-0.1, -0.05) is 42.5 Å². The number of hydrogen-bond donors (Lipinski definition) is 2. The number of ether oxygens (including phenoxy) is 2. The predicted octanol–water partition coefficient (Wildman–Crippen LogP) is 3.45. The molecule has 0 fully saturated rings. The molecule has 0 saturated heterocycles. The van der Waals surface area contributed by atoms with E-state index >= 15 is 0 Å². The van der Waals surface area contributed by atoms with Crippen molar-refractivity contribution in [2.75, 3.05) is 0 Å². The van der Waals surface area contributed by atoms with Crippen molar-refractivity contribution < 1.29 is 23.9 Å². The Hall–Kier alpha value is -4.20. The maximum absolute atomic E-state index is 12.6. The molecule has 8 heteroatoms. The highest BCUT2D eigenvalue weighted by atomic mass is 16.5. The van der Waals surface area contributed by atoms with E-state index in [-0.39, 0.29) is 17.9 Å². The monoisotopic (exact) mass is 419 g/mol. The highest BCUT2D eigenvalue weighted by Crippen LogP contribution is 2.25. The topological polar surface area (TPSA) is 107 Å². The largest absolute Gasteiger partial charge is 0.455 e. The van der Waals surface area contributed by atoms with Crippen molar-refractivity contribution in [1.82, 2.24) is 15.6 Å². The molecular formula is C23H21N3O5. The minimum atomic E-state index is -1.19. The van der Waals surface area contributed by atoms with Crippen molar-refractivity contribution in [3.63, 3.8) is 0 Å². The Morgan fingerprint density at radius 3 is 2.45 bits per heavy atom. The van der Waals surface area contributed by atoms with Crippen LogP contribution in [0.15, 0.2) is 79.1 Å². The summed E-state index contributed by atoms with van der Waals surface area (Å²) in [6.07, 6.45) is 1.91. The zero-order chi connectivity index (χ0) is 22.1. The minimum Gasteiger partial charge on any atom is -0.455 e. The highest BCUT2D eigenvalue weighted by Gasteiger charge is 2.23. The van der Waals surface area contributed by atoms with E-state index in [9.17, 15) is 14.4 Å². The maximum Gasteiger partial charge on any atom is 0.342 e. The Morgan fingerprint density at radius 1 is 0.968 bits per heavy atom. The standard InChI is InChI=1S/C23H21N3O5/c1-16(21(27)26-23(29)25-14-17-8-3-2-4-9-17)30-22(28)19-11-5-6-12-20(19)31-18-10-7-13-24-15-18/h2-13,15-16H,14H2,1H3,(H2,25,26,27,29). The molecule has 1 atom stereocenters. The Balaban J connectivity index is 1.55. The fourth-order valence-corrected chi connectivity index (χ4v) is 2.57. The third-order valence-corrected chi connectivity index (χ3v) is 4.15. The van der Waals surface area contributed by atoms with Crippen LogP contribution in [0.4, 0.5) is 4.79 Å². The van der Waals surface area contributed by atoms with E-state index in [1.165, 1.54) is 19.2 Å². The van der Waals surface area contributed by atoms with Crippen LogP contribution in [0.5, 0.6) is 11.5 Å². The number of nitrogens with zero attached hydrogens (tertiary/aromatic N) is 1. The first-order chi connectivity index (χ1) is 15.0. The average molecular weight is 419 g/mol. The number of imide groups is 1. The van der Waals surface area contributed by atoms with Crippen LogP contribution in [-0.4, -0.2) is 29.0 Å². The first kappa shape index (κ1) is 21.5. The van der Waals surface area contributed by atoms with E-state index in [1.54, 1.807) is 36.5 Å². The van der Waals surface area contributed by atoms with E-state index in [1.807, 2.05) is 30.3 Å². The molecule has 0 radical (unpaired) electrons. The van der Waals surface area contributed by atoms with Crippen molar-refractivity contribution >= 4 is 17.9 Å². The van der Waals surface area contributed by atoms with Crippen LogP contribution in [0.25, 0.3) is 0 Å². The van der Waals surface area contributed by atoms with Gasteiger partial charge in [-0.15, -0.1) is 0 Å². The van der Waals surface area contributed by atoms with Crippen molar-refractivity contribution in [3.8, 4) is 11.5 Å². The number of carbonyl (C=O) groups excluding carboxylic acids is 3. The van der Waals surface area contributed by atoms with E-state index in [0.29, 0.717) is 5.75 Å². The molecule has 1 unspecified atom stereocenters. The molecule has 0 aliphatic rings. The Labute approximate surface area is 179 Å². The molecule has 3 amide bonds. The molecule has 0 aliphatic heterocycles. The summed E-state index contributed by atoms with van der Waals surface area (Å²) in [5, 5.41) is 4.72. The third kappa shape index (κ3) is 6.40. The number of aromatic nitrogens is 1. The zero-order valence-electron chi connectivity index (χ0n) is 16.8. The fraction of sp³-hybridized carbons (Fsp3) is 0.130. The predicted molar refractivity (Wildman–Crippen MR) is 112 cm³/mol. The number of hydrogen-bond acceptors (Lipinski definition) is 6. The maximum atomic E-state index is 12.6. The number of benzene rings is 2. The number of carbonyl (C=O) groups is 3. The third-order valence-electron chi connectivity index (χ3n) is 4.15. The Morgan fingerprint density at radius 2 is 1.71 bits per heavy atom. The van der Waals surface area contributed by atoms with Gasteiger partial charge in [-0.3, -0.25) is 15.1 Å². The number of pyridine rings is 1. The van der Waals surface area contributed by atoms with Gasteiger partial charge in [0.15, 0.2) is 6.10 Å². The quantitative estimate of drug-likeness (QED) is 0.568. The molecule has 0 bridgehead atoms. The van der Waals surface area contributed by atoms with Crippen LogP contribution in [0.1, 0.15) is 22.8 Å². The van der Waals surface area contributed by atoms with Crippen LogP contribution in [0, 0.1) is 0 Å². The van der Waals surface area contributed by atoms with Gasteiger partial charge in [-0.05, 0) is 36.8 Å². The van der Waals surface area contributed by atoms with Crippen molar-refractivity contribution in [2.45, 2.75) is 19.6 Å². The van der Waals surface area contributed by atoms with Gasteiger partial charge < -0.3 is 14.8 Å². The van der Waals surface area contributed by atoms with E-state index in [2.05, 4.69) is 15.6 Å². The molecule has 1 aromatic heterocycles.